The number of hydrogen-bond acceptors (Lipinski definition) is 6. The van der Waals surface area contributed by atoms with Crippen LogP contribution in [-0.2, 0) is 11.3 Å². The summed E-state index contributed by atoms with van der Waals surface area (Å²) in [5.74, 6) is 1.40. The van der Waals surface area contributed by atoms with Crippen molar-refractivity contribution in [3.8, 4) is 17.1 Å². The number of nitrogens with zero attached hydrogens (tertiary/aromatic N) is 4. The van der Waals surface area contributed by atoms with Crippen LogP contribution in [0.2, 0.25) is 0 Å². The van der Waals surface area contributed by atoms with Gasteiger partial charge in [-0.2, -0.15) is 0 Å². The van der Waals surface area contributed by atoms with Crippen LogP contribution in [0.5, 0.6) is 0 Å². The molecule has 0 saturated carbocycles. The number of ether oxygens (including phenoxy) is 1. The fourth-order valence-electron chi connectivity index (χ4n) is 3.75. The fraction of sp³-hybridized carbons (Fsp3) is 0.227. The topological polar surface area (TPSA) is 99.1 Å². The molecule has 0 radical (unpaired) electrons. The SMILES string of the molecule is Nc1ncccc1-c1nc2ccc(C3CCOC3)nc2n1-c1ccc(CO)cc1. The molecule has 1 atom stereocenters. The molecule has 4 aromatic rings. The Bertz CT molecular complexity index is 1160. The van der Waals surface area contributed by atoms with Gasteiger partial charge in [0.2, 0.25) is 0 Å². The van der Waals surface area contributed by atoms with Crippen LogP contribution in [-0.4, -0.2) is 37.8 Å². The van der Waals surface area contributed by atoms with Crippen molar-refractivity contribution in [1.29, 1.82) is 0 Å². The smallest absolute Gasteiger partial charge is 0.165 e. The summed E-state index contributed by atoms with van der Waals surface area (Å²) < 4.78 is 7.55. The minimum absolute atomic E-state index is 0.00253. The Morgan fingerprint density at radius 2 is 1.97 bits per heavy atom. The summed E-state index contributed by atoms with van der Waals surface area (Å²) in [6.45, 7) is 1.46. The van der Waals surface area contributed by atoms with Crippen molar-refractivity contribution in [2.24, 2.45) is 0 Å². The largest absolute Gasteiger partial charge is 0.392 e. The highest BCUT2D eigenvalue weighted by molar-refractivity contribution is 5.82. The predicted molar refractivity (Wildman–Crippen MR) is 111 cm³/mol. The van der Waals surface area contributed by atoms with Gasteiger partial charge in [0.05, 0.1) is 18.8 Å². The first-order chi connectivity index (χ1) is 14.2. The Balaban J connectivity index is 1.75. The van der Waals surface area contributed by atoms with Crippen LogP contribution in [0.25, 0.3) is 28.2 Å². The van der Waals surface area contributed by atoms with Crippen LogP contribution >= 0.6 is 0 Å². The summed E-state index contributed by atoms with van der Waals surface area (Å²) in [6.07, 6.45) is 2.64. The molecule has 7 heteroatoms. The number of aliphatic hydroxyl groups excluding tert-OH is 1. The van der Waals surface area contributed by atoms with E-state index in [1.165, 1.54) is 0 Å². The summed E-state index contributed by atoms with van der Waals surface area (Å²) in [7, 11) is 0. The molecule has 29 heavy (non-hydrogen) atoms. The standard InChI is InChI=1S/C22H21N5O2/c23-20-17(2-1-10-24-20)21-26-19-8-7-18(15-9-11-29-13-15)25-22(19)27(21)16-5-3-14(12-28)4-6-16/h1-8,10,15,28H,9,11-13H2,(H2,23,24). The Hall–Kier alpha value is -3.29. The van der Waals surface area contributed by atoms with Gasteiger partial charge in [0.1, 0.15) is 11.3 Å². The van der Waals surface area contributed by atoms with Crippen molar-refractivity contribution in [2.75, 3.05) is 18.9 Å². The van der Waals surface area contributed by atoms with Crippen LogP contribution in [0.3, 0.4) is 0 Å². The Kier molecular flexibility index (Phi) is 4.46. The zero-order chi connectivity index (χ0) is 19.8. The second kappa shape index (κ2) is 7.27. The van der Waals surface area contributed by atoms with Gasteiger partial charge in [0.25, 0.3) is 0 Å². The van der Waals surface area contributed by atoms with E-state index in [0.717, 1.165) is 46.7 Å². The zero-order valence-electron chi connectivity index (χ0n) is 15.8. The first-order valence-corrected chi connectivity index (χ1v) is 9.63. The lowest BCUT2D eigenvalue weighted by Gasteiger charge is -2.12. The predicted octanol–water partition coefficient (Wildman–Crippen LogP) is 3.06. The third kappa shape index (κ3) is 3.14. The monoisotopic (exact) mass is 387 g/mol. The molecule has 146 valence electrons. The van der Waals surface area contributed by atoms with Gasteiger partial charge in [-0.1, -0.05) is 12.1 Å². The third-order valence-corrected chi connectivity index (χ3v) is 5.33. The van der Waals surface area contributed by atoms with Crippen LogP contribution in [0, 0.1) is 0 Å². The number of nitrogen functional groups attached to an aromatic ring is 1. The number of aliphatic hydroxyl groups is 1. The number of benzene rings is 1. The van der Waals surface area contributed by atoms with Gasteiger partial charge in [0, 0.05) is 30.1 Å². The van der Waals surface area contributed by atoms with E-state index in [9.17, 15) is 5.11 Å². The van der Waals surface area contributed by atoms with Gasteiger partial charge < -0.3 is 15.6 Å². The van der Waals surface area contributed by atoms with E-state index in [1.807, 2.05) is 53.1 Å². The molecule has 1 aliphatic rings. The fourth-order valence-corrected chi connectivity index (χ4v) is 3.75. The van der Waals surface area contributed by atoms with Crippen LogP contribution < -0.4 is 5.73 Å². The summed E-state index contributed by atoms with van der Waals surface area (Å²) in [5.41, 5.74) is 11.2. The molecule has 5 rings (SSSR count). The third-order valence-electron chi connectivity index (χ3n) is 5.33. The number of aromatic nitrogens is 4. The summed E-state index contributed by atoms with van der Waals surface area (Å²) >= 11 is 0. The molecule has 7 nitrogen and oxygen atoms in total. The van der Waals surface area contributed by atoms with E-state index in [-0.39, 0.29) is 6.61 Å². The Morgan fingerprint density at radius 1 is 1.10 bits per heavy atom. The zero-order valence-corrected chi connectivity index (χ0v) is 15.8. The molecule has 1 unspecified atom stereocenters. The van der Waals surface area contributed by atoms with Crippen LogP contribution in [0.1, 0.15) is 23.6 Å². The molecule has 0 bridgehead atoms. The first kappa shape index (κ1) is 17.8. The number of hydrogen-bond donors (Lipinski definition) is 2. The molecule has 0 spiro atoms. The van der Waals surface area contributed by atoms with Crippen molar-refractivity contribution in [3.63, 3.8) is 0 Å². The number of anilines is 1. The molecule has 1 aliphatic heterocycles. The minimum Gasteiger partial charge on any atom is -0.392 e. The number of fused-ring (bicyclic) bond motifs is 1. The Labute approximate surface area is 167 Å². The summed E-state index contributed by atoms with van der Waals surface area (Å²) in [6, 6.07) is 15.5. The summed E-state index contributed by atoms with van der Waals surface area (Å²) in [5, 5.41) is 9.39. The maximum absolute atomic E-state index is 9.39. The quantitative estimate of drug-likeness (QED) is 0.558. The normalized spacial score (nSPS) is 16.5. The number of imidazole rings is 1. The van der Waals surface area contributed by atoms with Gasteiger partial charge in [-0.05, 0) is 48.4 Å². The van der Waals surface area contributed by atoms with Gasteiger partial charge >= 0.3 is 0 Å². The van der Waals surface area contributed by atoms with Crippen molar-refractivity contribution in [1.82, 2.24) is 19.5 Å². The van der Waals surface area contributed by atoms with E-state index < -0.39 is 0 Å². The minimum atomic E-state index is -0.00253. The van der Waals surface area contributed by atoms with Gasteiger partial charge in [0.15, 0.2) is 11.5 Å². The Morgan fingerprint density at radius 3 is 2.69 bits per heavy atom. The average Bonchev–Trinajstić information content (AvgIpc) is 3.42. The molecule has 1 fully saturated rings. The lowest BCUT2D eigenvalue weighted by Crippen LogP contribution is -2.04. The van der Waals surface area contributed by atoms with Gasteiger partial charge in [-0.3, -0.25) is 4.57 Å². The first-order valence-electron chi connectivity index (χ1n) is 9.63. The maximum Gasteiger partial charge on any atom is 0.165 e. The van der Waals surface area contributed by atoms with E-state index in [2.05, 4.69) is 4.98 Å². The lowest BCUT2D eigenvalue weighted by atomic mass is 10.0. The van der Waals surface area contributed by atoms with E-state index in [4.69, 9.17) is 20.4 Å². The second-order valence-corrected chi connectivity index (χ2v) is 7.17. The molecule has 1 saturated heterocycles. The van der Waals surface area contributed by atoms with E-state index >= 15 is 0 Å². The highest BCUT2D eigenvalue weighted by Crippen LogP contribution is 2.32. The maximum atomic E-state index is 9.39. The second-order valence-electron chi connectivity index (χ2n) is 7.17. The molecular weight excluding hydrogens is 366 g/mol. The molecule has 3 N–H and O–H groups in total. The molecule has 3 aromatic heterocycles. The number of nitrogens with two attached hydrogens (primary N) is 1. The average molecular weight is 387 g/mol. The molecule has 0 amide bonds. The van der Waals surface area contributed by atoms with Crippen LogP contribution in [0.4, 0.5) is 5.82 Å². The highest BCUT2D eigenvalue weighted by Gasteiger charge is 2.22. The van der Waals surface area contributed by atoms with Gasteiger partial charge in [-0.15, -0.1) is 0 Å². The number of rotatable bonds is 4. The number of pyridine rings is 2. The van der Waals surface area contributed by atoms with E-state index in [1.54, 1.807) is 6.20 Å². The highest BCUT2D eigenvalue weighted by atomic mass is 16.5. The molecular formula is C22H21N5O2. The summed E-state index contributed by atoms with van der Waals surface area (Å²) in [4.78, 5) is 14.0. The van der Waals surface area contributed by atoms with Gasteiger partial charge in [-0.25, -0.2) is 15.0 Å². The van der Waals surface area contributed by atoms with E-state index in [0.29, 0.717) is 24.2 Å². The lowest BCUT2D eigenvalue weighted by molar-refractivity contribution is 0.193. The molecule has 1 aromatic carbocycles. The van der Waals surface area contributed by atoms with Crippen LogP contribution in [0.15, 0.2) is 54.7 Å². The van der Waals surface area contributed by atoms with Crippen molar-refractivity contribution in [2.45, 2.75) is 18.9 Å². The van der Waals surface area contributed by atoms with Crippen molar-refractivity contribution < 1.29 is 9.84 Å². The van der Waals surface area contributed by atoms with Crippen molar-refractivity contribution >= 4 is 17.0 Å². The molecule has 4 heterocycles. The van der Waals surface area contributed by atoms with Crippen molar-refractivity contribution in [3.05, 3.63) is 66.0 Å². The molecule has 0 aliphatic carbocycles.